The van der Waals surface area contributed by atoms with Crippen LogP contribution in [0.4, 0.5) is 0 Å². The van der Waals surface area contributed by atoms with Gasteiger partial charge in [0.05, 0.1) is 13.7 Å². The fourth-order valence-corrected chi connectivity index (χ4v) is 3.50. The van der Waals surface area contributed by atoms with Gasteiger partial charge in [-0.05, 0) is 19.4 Å². The van der Waals surface area contributed by atoms with Crippen molar-refractivity contribution >= 4 is 36.5 Å². The lowest BCUT2D eigenvalue weighted by Crippen LogP contribution is -2.25. The van der Waals surface area contributed by atoms with Crippen LogP contribution in [-0.4, -0.2) is 52.0 Å². The molecule has 3 rings (SSSR count). The molecule has 1 aromatic carbocycles. The van der Waals surface area contributed by atoms with Crippen LogP contribution in [0.1, 0.15) is 17.5 Å². The van der Waals surface area contributed by atoms with Crippen LogP contribution in [0.2, 0.25) is 0 Å². The largest absolute Gasteiger partial charge is 0.493 e. The van der Waals surface area contributed by atoms with Gasteiger partial charge in [-0.2, -0.15) is 0 Å². The molecule has 0 bridgehead atoms. The van der Waals surface area contributed by atoms with Crippen LogP contribution in [0.5, 0.6) is 11.5 Å². The molecule has 0 fully saturated rings. The summed E-state index contributed by atoms with van der Waals surface area (Å²) in [5.74, 6) is 1.37. The summed E-state index contributed by atoms with van der Waals surface area (Å²) in [4.78, 5) is 14.0. The quantitative estimate of drug-likeness (QED) is 0.396. The van der Waals surface area contributed by atoms with Crippen molar-refractivity contribution in [3.05, 3.63) is 50.6 Å². The number of benzene rings is 1. The molecule has 0 saturated heterocycles. The van der Waals surface area contributed by atoms with Gasteiger partial charge in [-0.3, -0.25) is 9.51 Å². The Labute approximate surface area is 184 Å². The zero-order chi connectivity index (χ0) is 22.1. The van der Waals surface area contributed by atoms with Crippen molar-refractivity contribution in [2.45, 2.75) is 32.5 Å². The number of fused-ring (bicyclic) bond motifs is 1. The SMILES string of the molecule is [B]COP1OCc2cccc(OC)c2O1.[B][C@H](CCn1cc(C)c(=S)[nH]c1=O)OC. The number of nitrogens with zero attached hydrogens (tertiary/aromatic N) is 1. The summed E-state index contributed by atoms with van der Waals surface area (Å²) in [5, 5.41) is 0. The molecular weight excluding hydrogens is 425 g/mol. The number of methoxy groups -OCH3 is 2. The molecule has 0 saturated carbocycles. The van der Waals surface area contributed by atoms with Crippen LogP contribution in [0, 0.1) is 11.6 Å². The van der Waals surface area contributed by atoms with Gasteiger partial charge in [0, 0.05) is 43.5 Å². The molecule has 8 nitrogen and oxygen atoms in total. The lowest BCUT2D eigenvalue weighted by atomic mass is 9.97. The monoisotopic (exact) mass is 448 g/mol. The summed E-state index contributed by atoms with van der Waals surface area (Å²) in [6.45, 7) is 2.90. The Kier molecular flexibility index (Phi) is 10.1. The molecule has 1 aromatic heterocycles. The summed E-state index contributed by atoms with van der Waals surface area (Å²) in [6.07, 6.45) is 2.31. The lowest BCUT2D eigenvalue weighted by molar-refractivity contribution is 0.154. The minimum Gasteiger partial charge on any atom is -0.493 e. The van der Waals surface area contributed by atoms with E-state index in [9.17, 15) is 4.79 Å². The van der Waals surface area contributed by atoms with Crippen molar-refractivity contribution in [2.24, 2.45) is 0 Å². The molecule has 30 heavy (non-hydrogen) atoms. The Hall–Kier alpha value is -1.64. The first-order chi connectivity index (χ1) is 14.4. The normalized spacial score (nSPS) is 15.9. The second-order valence-electron chi connectivity index (χ2n) is 6.16. The van der Waals surface area contributed by atoms with E-state index in [0.717, 1.165) is 11.1 Å². The Morgan fingerprint density at radius 2 is 2.17 bits per heavy atom. The molecule has 1 aliphatic heterocycles. The Bertz CT molecular complexity index is 927. The topological polar surface area (TPSA) is 83.9 Å². The first-order valence-electron chi connectivity index (χ1n) is 9.08. The Morgan fingerprint density at radius 3 is 2.83 bits per heavy atom. The molecule has 12 heteroatoms. The minimum atomic E-state index is -1.39. The van der Waals surface area contributed by atoms with Crippen LogP contribution in [0.15, 0.2) is 29.2 Å². The number of aromatic amines is 1. The van der Waals surface area contributed by atoms with Gasteiger partial charge in [-0.1, -0.05) is 24.4 Å². The van der Waals surface area contributed by atoms with E-state index in [1.165, 1.54) is 7.11 Å². The minimum absolute atomic E-state index is 0.0795. The highest BCUT2D eigenvalue weighted by molar-refractivity contribution is 7.71. The van der Waals surface area contributed by atoms with Gasteiger partial charge < -0.3 is 23.1 Å². The highest BCUT2D eigenvalue weighted by Gasteiger charge is 2.25. The number of nitrogens with one attached hydrogen (secondary N) is 1. The number of hydrogen-bond donors (Lipinski definition) is 1. The van der Waals surface area contributed by atoms with Gasteiger partial charge in [-0.15, -0.1) is 0 Å². The second-order valence-corrected chi connectivity index (χ2v) is 7.71. The molecule has 1 N–H and O–H groups in total. The van der Waals surface area contributed by atoms with E-state index in [1.54, 1.807) is 17.9 Å². The molecule has 2 aromatic rings. The number of aromatic nitrogens is 2. The predicted molar refractivity (Wildman–Crippen MR) is 119 cm³/mol. The Morgan fingerprint density at radius 1 is 1.40 bits per heavy atom. The van der Waals surface area contributed by atoms with Crippen LogP contribution in [0.25, 0.3) is 0 Å². The van der Waals surface area contributed by atoms with Crippen molar-refractivity contribution < 1.29 is 23.0 Å². The molecule has 2 atom stereocenters. The third-order valence-corrected chi connectivity index (χ3v) is 5.55. The van der Waals surface area contributed by atoms with E-state index in [0.29, 0.717) is 35.7 Å². The number of para-hydroxylation sites is 1. The first-order valence-corrected chi connectivity index (χ1v) is 10.6. The average Bonchev–Trinajstić information content (AvgIpc) is 2.75. The summed E-state index contributed by atoms with van der Waals surface area (Å²) >= 11 is 4.94. The third-order valence-electron chi connectivity index (χ3n) is 4.10. The zero-order valence-electron chi connectivity index (χ0n) is 17.1. The number of aryl methyl sites for hydroxylation is 2. The van der Waals surface area contributed by atoms with E-state index >= 15 is 0 Å². The fraction of sp³-hybridized carbons (Fsp3) is 0.444. The van der Waals surface area contributed by atoms with Crippen molar-refractivity contribution in [3.63, 3.8) is 0 Å². The maximum atomic E-state index is 11.5. The number of hydrogen-bond acceptors (Lipinski definition) is 7. The van der Waals surface area contributed by atoms with Crippen LogP contribution >= 0.6 is 20.8 Å². The van der Waals surface area contributed by atoms with Crippen molar-refractivity contribution in [3.8, 4) is 11.5 Å². The number of ether oxygens (including phenoxy) is 2. The standard InChI is InChI=1S/C9H13BN2O2S.C9H10BO4P/c1-6-5-12(4-3-7(10)14-2)9(13)11-8(6)15;1-11-8-4-2-3-7-5-12-15(13-6-10)14-9(7)8/h5,7H,3-4H2,1-2H3,(H,11,13,15);2-4H,5-6H2,1H3/t7-;/m0./s1. The van der Waals surface area contributed by atoms with Crippen molar-refractivity contribution in [1.82, 2.24) is 9.55 Å². The summed E-state index contributed by atoms with van der Waals surface area (Å²) in [7, 11) is 12.6. The average molecular weight is 448 g/mol. The molecule has 158 valence electrons. The van der Waals surface area contributed by atoms with E-state index in [-0.39, 0.29) is 18.2 Å². The van der Waals surface area contributed by atoms with E-state index in [4.69, 9.17) is 51.0 Å². The molecule has 0 aliphatic carbocycles. The molecule has 0 spiro atoms. The molecule has 0 amide bonds. The summed E-state index contributed by atoms with van der Waals surface area (Å²) in [5.41, 5.74) is 1.61. The van der Waals surface area contributed by atoms with E-state index in [1.807, 2.05) is 25.1 Å². The third kappa shape index (κ3) is 6.96. The first kappa shape index (κ1) is 24.6. The van der Waals surface area contributed by atoms with Gasteiger partial charge in [0.1, 0.15) is 20.3 Å². The van der Waals surface area contributed by atoms with Crippen LogP contribution in [-0.2, 0) is 26.9 Å². The molecule has 1 unspecified atom stereocenters. The van der Waals surface area contributed by atoms with Gasteiger partial charge >= 0.3 is 14.3 Å². The van der Waals surface area contributed by atoms with Gasteiger partial charge in [0.2, 0.25) is 0 Å². The van der Waals surface area contributed by atoms with Gasteiger partial charge in [0.25, 0.3) is 0 Å². The predicted octanol–water partition coefficient (Wildman–Crippen LogP) is 2.72. The summed E-state index contributed by atoms with van der Waals surface area (Å²) in [6, 6.07) is 5.30. The highest BCUT2D eigenvalue weighted by atomic mass is 32.1. The molecule has 4 radical (unpaired) electrons. The maximum Gasteiger partial charge on any atom is 0.396 e. The van der Waals surface area contributed by atoms with Crippen LogP contribution < -0.4 is 15.0 Å². The zero-order valence-corrected chi connectivity index (χ0v) is 18.8. The Balaban J connectivity index is 0.000000214. The van der Waals surface area contributed by atoms with E-state index < -0.39 is 8.60 Å². The summed E-state index contributed by atoms with van der Waals surface area (Å²) < 4.78 is 28.0. The second kappa shape index (κ2) is 12.3. The smallest absolute Gasteiger partial charge is 0.396 e. The molecular formula is C18H23B2N2O6PS. The lowest BCUT2D eigenvalue weighted by Gasteiger charge is -2.24. The molecule has 2 heterocycles. The maximum absolute atomic E-state index is 11.5. The van der Waals surface area contributed by atoms with Crippen molar-refractivity contribution in [1.29, 1.82) is 0 Å². The number of H-pyrrole nitrogens is 1. The highest BCUT2D eigenvalue weighted by Crippen LogP contribution is 2.50. The van der Waals surface area contributed by atoms with E-state index in [2.05, 4.69) is 4.98 Å². The van der Waals surface area contributed by atoms with Gasteiger partial charge in [-0.25, -0.2) is 4.79 Å². The van der Waals surface area contributed by atoms with Crippen molar-refractivity contribution in [2.75, 3.05) is 20.7 Å². The van der Waals surface area contributed by atoms with Gasteiger partial charge in [0.15, 0.2) is 11.5 Å². The van der Waals surface area contributed by atoms with Crippen LogP contribution in [0.3, 0.4) is 0 Å². The number of rotatable bonds is 7. The fourth-order valence-electron chi connectivity index (χ4n) is 2.46. The molecule has 1 aliphatic rings.